The summed E-state index contributed by atoms with van der Waals surface area (Å²) in [6.07, 6.45) is -5.10. The Morgan fingerprint density at radius 3 is 1.89 bits per heavy atom. The van der Waals surface area contributed by atoms with Crippen LogP contribution in [0.4, 0.5) is 13.2 Å². The Labute approximate surface area is 102 Å². The van der Waals surface area contributed by atoms with Crippen LogP contribution in [0.15, 0.2) is 0 Å². The summed E-state index contributed by atoms with van der Waals surface area (Å²) in [4.78, 5) is 21.9. The second kappa shape index (κ2) is 5.13. The average Bonchev–Trinajstić information content (AvgIpc) is 2.11. The molecule has 5 nitrogen and oxygen atoms in total. The summed E-state index contributed by atoms with van der Waals surface area (Å²) in [5.41, 5.74) is -4.04. The number of ether oxygens (including phenoxy) is 1. The Morgan fingerprint density at radius 1 is 1.17 bits per heavy atom. The maximum absolute atomic E-state index is 12.6. The summed E-state index contributed by atoms with van der Waals surface area (Å²) in [5, 5.41) is 9.99. The van der Waals surface area contributed by atoms with Crippen LogP contribution in [-0.4, -0.2) is 40.9 Å². The van der Waals surface area contributed by atoms with Gasteiger partial charge in [-0.15, -0.1) is 0 Å². The maximum Gasteiger partial charge on any atom is 0.422 e. The van der Waals surface area contributed by atoms with Crippen molar-refractivity contribution in [2.75, 3.05) is 6.61 Å². The number of hydrogen-bond acceptors (Lipinski definition) is 3. The zero-order chi connectivity index (χ0) is 14.8. The molecule has 1 amide bonds. The number of nitrogens with one attached hydrogen (secondary N) is 1. The highest BCUT2D eigenvalue weighted by atomic mass is 19.4. The van der Waals surface area contributed by atoms with Crippen LogP contribution in [0.2, 0.25) is 0 Å². The minimum absolute atomic E-state index is 0.379. The Hall–Kier alpha value is -1.31. The minimum Gasteiger partial charge on any atom is -0.479 e. The van der Waals surface area contributed by atoms with E-state index in [9.17, 15) is 22.8 Å². The van der Waals surface area contributed by atoms with Gasteiger partial charge in [0.25, 0.3) is 0 Å². The van der Waals surface area contributed by atoms with Crippen molar-refractivity contribution in [1.29, 1.82) is 0 Å². The fraction of sp³-hybridized carbons (Fsp3) is 0.800. The third-order valence-electron chi connectivity index (χ3n) is 2.02. The van der Waals surface area contributed by atoms with Gasteiger partial charge in [0.15, 0.2) is 0 Å². The second-order valence-electron chi connectivity index (χ2n) is 4.88. The Kier molecular flexibility index (Phi) is 4.76. The lowest BCUT2D eigenvalue weighted by Crippen LogP contribution is -2.62. The number of carboxylic acid groups (broad SMARTS) is 1. The van der Waals surface area contributed by atoms with E-state index in [-0.39, 0.29) is 0 Å². The highest BCUT2D eigenvalue weighted by molar-refractivity contribution is 5.88. The second-order valence-corrected chi connectivity index (χ2v) is 4.88. The summed E-state index contributed by atoms with van der Waals surface area (Å²) < 4.78 is 42.6. The molecule has 0 aliphatic heterocycles. The van der Waals surface area contributed by atoms with E-state index in [1.807, 2.05) is 0 Å². The lowest BCUT2D eigenvalue weighted by Gasteiger charge is -2.29. The molecule has 0 spiro atoms. The molecule has 18 heavy (non-hydrogen) atoms. The molecule has 106 valence electrons. The number of amides is 1. The summed E-state index contributed by atoms with van der Waals surface area (Å²) in [6.45, 7) is 4.56. The Morgan fingerprint density at radius 2 is 1.61 bits per heavy atom. The molecule has 1 atom stereocenters. The van der Waals surface area contributed by atoms with E-state index in [4.69, 9.17) is 9.84 Å². The molecule has 0 saturated heterocycles. The molecule has 0 aromatic rings. The molecular formula is C10H16F3NO4. The number of halogens is 3. The molecule has 0 rings (SSSR count). The molecule has 0 aliphatic carbocycles. The zero-order valence-corrected chi connectivity index (χ0v) is 10.5. The molecule has 0 heterocycles. The number of alkyl halides is 3. The first-order valence-corrected chi connectivity index (χ1v) is 5.05. The van der Waals surface area contributed by atoms with Crippen LogP contribution in [0.1, 0.15) is 27.7 Å². The molecule has 0 aliphatic rings. The van der Waals surface area contributed by atoms with Crippen LogP contribution < -0.4 is 5.32 Å². The van der Waals surface area contributed by atoms with E-state index >= 15 is 0 Å². The van der Waals surface area contributed by atoms with Crippen LogP contribution in [0, 0.1) is 0 Å². The van der Waals surface area contributed by atoms with Crippen molar-refractivity contribution in [2.24, 2.45) is 0 Å². The molecule has 0 bridgehead atoms. The molecule has 2 N–H and O–H groups in total. The fourth-order valence-electron chi connectivity index (χ4n) is 0.843. The first kappa shape index (κ1) is 16.7. The van der Waals surface area contributed by atoms with Gasteiger partial charge in [0.05, 0.1) is 5.60 Å². The lowest BCUT2D eigenvalue weighted by atomic mass is 10.0. The maximum atomic E-state index is 12.6. The number of carboxylic acids is 1. The summed E-state index contributed by atoms with van der Waals surface area (Å²) in [6, 6.07) is 0. The van der Waals surface area contributed by atoms with Crippen molar-refractivity contribution >= 4 is 11.9 Å². The van der Waals surface area contributed by atoms with E-state index in [0.29, 0.717) is 6.92 Å². The number of rotatable bonds is 4. The predicted molar refractivity (Wildman–Crippen MR) is 55.9 cm³/mol. The van der Waals surface area contributed by atoms with E-state index in [0.717, 1.165) is 0 Å². The standard InChI is InChI=1S/C10H16F3NO4/c1-8(2,3)18-5-6(15)14-9(4,7(16)17)10(11,12)13/h5H2,1-4H3,(H,14,15)(H,16,17). The normalized spacial score (nSPS) is 15.9. The number of carbonyl (C=O) groups is 2. The third kappa shape index (κ3) is 4.52. The van der Waals surface area contributed by atoms with Crippen molar-refractivity contribution in [2.45, 2.75) is 45.0 Å². The van der Waals surface area contributed by atoms with Crippen molar-refractivity contribution < 1.29 is 32.6 Å². The van der Waals surface area contributed by atoms with Crippen LogP contribution in [-0.2, 0) is 14.3 Å². The smallest absolute Gasteiger partial charge is 0.422 e. The summed E-state index contributed by atoms with van der Waals surface area (Å²) in [5.74, 6) is -3.33. The van der Waals surface area contributed by atoms with Crippen molar-refractivity contribution in [3.8, 4) is 0 Å². The van der Waals surface area contributed by atoms with Crippen molar-refractivity contribution in [3.63, 3.8) is 0 Å². The first-order valence-electron chi connectivity index (χ1n) is 5.05. The van der Waals surface area contributed by atoms with E-state index in [2.05, 4.69) is 0 Å². The minimum atomic E-state index is -5.10. The molecule has 0 aromatic carbocycles. The van der Waals surface area contributed by atoms with Gasteiger partial charge < -0.3 is 15.2 Å². The van der Waals surface area contributed by atoms with Gasteiger partial charge in [0.2, 0.25) is 11.4 Å². The SMILES string of the molecule is CC(C)(C)OCC(=O)NC(C)(C(=O)O)C(F)(F)F. The largest absolute Gasteiger partial charge is 0.479 e. The topological polar surface area (TPSA) is 75.6 Å². The first-order chi connectivity index (χ1) is 7.79. The molecule has 8 heteroatoms. The summed E-state index contributed by atoms with van der Waals surface area (Å²) >= 11 is 0. The monoisotopic (exact) mass is 271 g/mol. The van der Waals surface area contributed by atoms with Gasteiger partial charge in [-0.3, -0.25) is 4.79 Å². The van der Waals surface area contributed by atoms with Gasteiger partial charge in [-0.2, -0.15) is 13.2 Å². The third-order valence-corrected chi connectivity index (χ3v) is 2.02. The van der Waals surface area contributed by atoms with Gasteiger partial charge in [-0.05, 0) is 27.7 Å². The van der Waals surface area contributed by atoms with Crippen LogP contribution >= 0.6 is 0 Å². The van der Waals surface area contributed by atoms with Gasteiger partial charge >= 0.3 is 12.1 Å². The van der Waals surface area contributed by atoms with Crippen LogP contribution in [0.25, 0.3) is 0 Å². The van der Waals surface area contributed by atoms with Crippen LogP contribution in [0.5, 0.6) is 0 Å². The quantitative estimate of drug-likeness (QED) is 0.808. The number of aliphatic carboxylic acids is 1. The molecule has 0 aromatic heterocycles. The van der Waals surface area contributed by atoms with E-state index in [1.165, 1.54) is 5.32 Å². The Bertz CT molecular complexity index is 335. The number of carbonyl (C=O) groups excluding carboxylic acids is 1. The highest BCUT2D eigenvalue weighted by Crippen LogP contribution is 2.30. The highest BCUT2D eigenvalue weighted by Gasteiger charge is 2.58. The average molecular weight is 271 g/mol. The Balaban J connectivity index is 4.74. The lowest BCUT2D eigenvalue weighted by molar-refractivity contribution is -0.207. The van der Waals surface area contributed by atoms with Gasteiger partial charge in [-0.25, -0.2) is 4.79 Å². The van der Waals surface area contributed by atoms with Crippen LogP contribution in [0.3, 0.4) is 0 Å². The molecular weight excluding hydrogens is 255 g/mol. The summed E-state index contributed by atoms with van der Waals surface area (Å²) in [7, 11) is 0. The molecule has 0 fully saturated rings. The van der Waals surface area contributed by atoms with E-state index in [1.54, 1.807) is 20.8 Å². The molecule has 0 saturated carbocycles. The van der Waals surface area contributed by atoms with Gasteiger partial charge in [0.1, 0.15) is 6.61 Å². The number of hydrogen-bond donors (Lipinski definition) is 2. The van der Waals surface area contributed by atoms with Gasteiger partial charge in [-0.1, -0.05) is 0 Å². The molecule has 1 unspecified atom stereocenters. The zero-order valence-electron chi connectivity index (χ0n) is 10.5. The van der Waals surface area contributed by atoms with Gasteiger partial charge in [0, 0.05) is 0 Å². The fourth-order valence-corrected chi connectivity index (χ4v) is 0.843. The van der Waals surface area contributed by atoms with Crippen molar-refractivity contribution in [3.05, 3.63) is 0 Å². The van der Waals surface area contributed by atoms with Crippen molar-refractivity contribution in [1.82, 2.24) is 5.32 Å². The predicted octanol–water partition coefficient (Wildman–Crippen LogP) is 1.32. The molecule has 0 radical (unpaired) electrons. The van der Waals surface area contributed by atoms with E-state index < -0.39 is 35.8 Å².